The maximum atomic E-state index is 13.3. The van der Waals surface area contributed by atoms with Gasteiger partial charge in [-0.1, -0.05) is 31.4 Å². The van der Waals surface area contributed by atoms with Crippen molar-refractivity contribution in [1.82, 2.24) is 0 Å². The van der Waals surface area contributed by atoms with Crippen LogP contribution in [0.2, 0.25) is 0 Å². The Hall–Kier alpha value is -2.70. The van der Waals surface area contributed by atoms with Gasteiger partial charge >= 0.3 is 6.18 Å². The minimum Gasteiger partial charge on any atom is -0.496 e. The summed E-state index contributed by atoms with van der Waals surface area (Å²) in [5.74, 6) is -0.153. The molecule has 1 aliphatic carbocycles. The van der Waals surface area contributed by atoms with Gasteiger partial charge in [0.15, 0.2) is 0 Å². The number of nitrogens with one attached hydrogen (secondary N) is 1. The molecular formula is C22H25F3N2O2. The molecule has 1 saturated carbocycles. The van der Waals surface area contributed by atoms with E-state index >= 15 is 0 Å². The van der Waals surface area contributed by atoms with Crippen molar-refractivity contribution in [3.05, 3.63) is 53.6 Å². The molecule has 2 aromatic rings. The first-order chi connectivity index (χ1) is 13.8. The summed E-state index contributed by atoms with van der Waals surface area (Å²) < 4.78 is 45.1. The van der Waals surface area contributed by atoms with Crippen LogP contribution in [0.5, 0.6) is 5.75 Å². The minimum absolute atomic E-state index is 0.142. The van der Waals surface area contributed by atoms with Crippen molar-refractivity contribution in [3.63, 3.8) is 0 Å². The molecule has 2 aromatic carbocycles. The van der Waals surface area contributed by atoms with Gasteiger partial charge in [-0.15, -0.1) is 0 Å². The minimum atomic E-state index is -4.49. The number of nitrogens with zero attached hydrogens (tertiary/aromatic N) is 1. The Labute approximate surface area is 168 Å². The first-order valence-corrected chi connectivity index (χ1v) is 9.69. The summed E-state index contributed by atoms with van der Waals surface area (Å²) in [6, 6.07) is 10.4. The highest BCUT2D eigenvalue weighted by molar-refractivity contribution is 6.07. The number of hydrogen-bond donors (Lipinski definition) is 1. The second-order valence-electron chi connectivity index (χ2n) is 7.29. The number of halogens is 3. The zero-order valence-corrected chi connectivity index (χ0v) is 16.6. The molecule has 0 unspecified atom stereocenters. The normalized spacial score (nSPS) is 15.1. The van der Waals surface area contributed by atoms with Crippen LogP contribution in [0.15, 0.2) is 42.5 Å². The van der Waals surface area contributed by atoms with E-state index in [1.165, 1.54) is 19.6 Å². The summed E-state index contributed by atoms with van der Waals surface area (Å²) in [7, 11) is 3.32. The van der Waals surface area contributed by atoms with E-state index in [2.05, 4.69) is 5.32 Å². The number of hydrogen-bond acceptors (Lipinski definition) is 3. The van der Waals surface area contributed by atoms with Crippen molar-refractivity contribution < 1.29 is 22.7 Å². The van der Waals surface area contributed by atoms with E-state index in [-0.39, 0.29) is 17.3 Å². The number of benzene rings is 2. The summed E-state index contributed by atoms with van der Waals surface area (Å²) in [6.45, 7) is 0. The molecule has 1 aliphatic rings. The fourth-order valence-electron chi connectivity index (χ4n) is 3.81. The van der Waals surface area contributed by atoms with Crippen LogP contribution in [0.1, 0.15) is 48.0 Å². The van der Waals surface area contributed by atoms with Crippen molar-refractivity contribution >= 4 is 17.3 Å². The average molecular weight is 406 g/mol. The number of anilines is 2. The first kappa shape index (κ1) is 21.0. The molecule has 1 N–H and O–H groups in total. The lowest BCUT2D eigenvalue weighted by molar-refractivity contribution is -0.137. The van der Waals surface area contributed by atoms with Gasteiger partial charge in [-0.3, -0.25) is 4.79 Å². The van der Waals surface area contributed by atoms with Crippen molar-refractivity contribution in [2.24, 2.45) is 0 Å². The standard InChI is InChI=1S/C22H25F3N2O2/c1-27(16-8-4-3-5-9-16)19-13-12-15(22(23,24)25)14-18(19)26-21(28)17-10-6-7-11-20(17)29-2/h6-7,10-14,16H,3-5,8-9H2,1-2H3,(H,26,28). The topological polar surface area (TPSA) is 41.6 Å². The molecule has 0 atom stereocenters. The second-order valence-corrected chi connectivity index (χ2v) is 7.29. The molecule has 0 bridgehead atoms. The van der Waals surface area contributed by atoms with Crippen LogP contribution < -0.4 is 15.0 Å². The van der Waals surface area contributed by atoms with Crippen molar-refractivity contribution in [2.45, 2.75) is 44.3 Å². The van der Waals surface area contributed by atoms with Crippen LogP contribution >= 0.6 is 0 Å². The third kappa shape index (κ3) is 4.83. The molecular weight excluding hydrogens is 381 g/mol. The van der Waals surface area contributed by atoms with E-state index < -0.39 is 17.6 Å². The quantitative estimate of drug-likeness (QED) is 0.689. The fraction of sp³-hybridized carbons (Fsp3) is 0.409. The van der Waals surface area contributed by atoms with Gasteiger partial charge < -0.3 is 15.0 Å². The van der Waals surface area contributed by atoms with E-state index in [1.807, 2.05) is 11.9 Å². The summed E-state index contributed by atoms with van der Waals surface area (Å²) in [4.78, 5) is 14.8. The lowest BCUT2D eigenvalue weighted by Crippen LogP contribution is -2.34. The molecule has 1 fully saturated rings. The highest BCUT2D eigenvalue weighted by Gasteiger charge is 2.32. The van der Waals surface area contributed by atoms with Gasteiger partial charge in [0.2, 0.25) is 0 Å². The highest BCUT2D eigenvalue weighted by Crippen LogP contribution is 2.37. The Morgan fingerprint density at radius 3 is 2.45 bits per heavy atom. The predicted octanol–water partition coefficient (Wildman–Crippen LogP) is 5.74. The predicted molar refractivity (Wildman–Crippen MR) is 108 cm³/mol. The maximum Gasteiger partial charge on any atom is 0.416 e. The van der Waals surface area contributed by atoms with Gasteiger partial charge in [-0.2, -0.15) is 13.2 Å². The van der Waals surface area contributed by atoms with Gasteiger partial charge in [0.25, 0.3) is 5.91 Å². The Morgan fingerprint density at radius 2 is 1.79 bits per heavy atom. The molecule has 0 heterocycles. The zero-order chi connectivity index (χ0) is 21.0. The Kier molecular flexibility index (Phi) is 6.35. The first-order valence-electron chi connectivity index (χ1n) is 9.69. The number of carbonyl (C=O) groups excluding carboxylic acids is 1. The van der Waals surface area contributed by atoms with Crippen LogP contribution in [0, 0.1) is 0 Å². The van der Waals surface area contributed by atoms with Crippen LogP contribution in [0.3, 0.4) is 0 Å². The number of ether oxygens (including phenoxy) is 1. The fourth-order valence-corrected chi connectivity index (χ4v) is 3.81. The largest absolute Gasteiger partial charge is 0.496 e. The third-order valence-corrected chi connectivity index (χ3v) is 5.43. The van der Waals surface area contributed by atoms with Crippen molar-refractivity contribution in [1.29, 1.82) is 0 Å². The molecule has 0 saturated heterocycles. The van der Waals surface area contributed by atoms with Crippen LogP contribution in [-0.2, 0) is 6.18 Å². The van der Waals surface area contributed by atoms with E-state index in [0.717, 1.165) is 37.8 Å². The second kappa shape index (κ2) is 8.76. The molecule has 156 valence electrons. The van der Waals surface area contributed by atoms with Crippen LogP contribution in [0.4, 0.5) is 24.5 Å². The number of alkyl halides is 3. The molecule has 0 radical (unpaired) electrons. The monoisotopic (exact) mass is 406 g/mol. The third-order valence-electron chi connectivity index (χ3n) is 5.43. The van der Waals surface area contributed by atoms with E-state index in [9.17, 15) is 18.0 Å². The maximum absolute atomic E-state index is 13.3. The van der Waals surface area contributed by atoms with Gasteiger partial charge in [-0.05, 0) is 43.2 Å². The van der Waals surface area contributed by atoms with Gasteiger partial charge in [-0.25, -0.2) is 0 Å². The summed E-state index contributed by atoms with van der Waals surface area (Å²) in [6.07, 6.45) is 0.840. The molecule has 29 heavy (non-hydrogen) atoms. The molecule has 7 heteroatoms. The summed E-state index contributed by atoms with van der Waals surface area (Å²) in [5, 5.41) is 2.67. The lowest BCUT2D eigenvalue weighted by atomic mass is 9.94. The van der Waals surface area contributed by atoms with Crippen molar-refractivity contribution in [2.75, 3.05) is 24.4 Å². The molecule has 3 rings (SSSR count). The zero-order valence-electron chi connectivity index (χ0n) is 16.6. The van der Waals surface area contributed by atoms with Gasteiger partial charge in [0.05, 0.1) is 29.6 Å². The summed E-state index contributed by atoms with van der Waals surface area (Å²) in [5.41, 5.74) is 0.184. The highest BCUT2D eigenvalue weighted by atomic mass is 19.4. The Bertz CT molecular complexity index is 861. The van der Waals surface area contributed by atoms with Crippen molar-refractivity contribution in [3.8, 4) is 5.75 Å². The lowest BCUT2D eigenvalue weighted by Gasteiger charge is -2.34. The molecule has 0 aromatic heterocycles. The Balaban J connectivity index is 1.96. The van der Waals surface area contributed by atoms with Gasteiger partial charge in [0, 0.05) is 13.1 Å². The van der Waals surface area contributed by atoms with Crippen LogP contribution in [0.25, 0.3) is 0 Å². The van der Waals surface area contributed by atoms with E-state index in [0.29, 0.717) is 11.4 Å². The number of methoxy groups -OCH3 is 1. The number of rotatable bonds is 5. The van der Waals surface area contributed by atoms with E-state index in [4.69, 9.17) is 4.74 Å². The number of carbonyl (C=O) groups is 1. The molecule has 1 amide bonds. The molecule has 0 aliphatic heterocycles. The Morgan fingerprint density at radius 1 is 1.10 bits per heavy atom. The SMILES string of the molecule is COc1ccccc1C(=O)Nc1cc(C(F)(F)F)ccc1N(C)C1CCCCC1. The van der Waals surface area contributed by atoms with Crippen LogP contribution in [-0.4, -0.2) is 26.1 Å². The van der Waals surface area contributed by atoms with Gasteiger partial charge in [0.1, 0.15) is 5.75 Å². The summed E-state index contributed by atoms with van der Waals surface area (Å²) >= 11 is 0. The van der Waals surface area contributed by atoms with E-state index in [1.54, 1.807) is 24.3 Å². The average Bonchev–Trinajstić information content (AvgIpc) is 2.73. The molecule has 0 spiro atoms. The number of para-hydroxylation sites is 1. The smallest absolute Gasteiger partial charge is 0.416 e. The molecule has 4 nitrogen and oxygen atoms in total. The number of amides is 1.